The van der Waals surface area contributed by atoms with Crippen LogP contribution in [0.1, 0.15) is 13.8 Å². The van der Waals surface area contributed by atoms with E-state index in [1.54, 1.807) is 0 Å². The van der Waals surface area contributed by atoms with E-state index in [1.165, 1.54) is 0 Å². The normalized spacial score (nSPS) is 11.1. The summed E-state index contributed by atoms with van der Waals surface area (Å²) in [6, 6.07) is 6.18. The first kappa shape index (κ1) is 9.52. The minimum absolute atomic E-state index is 0.349. The van der Waals surface area contributed by atoms with Gasteiger partial charge < -0.3 is 9.84 Å². The SMILES string of the molecule is CC(C)Nc1noc2ccc(Br)cc12. The van der Waals surface area contributed by atoms with Crippen LogP contribution in [-0.4, -0.2) is 11.2 Å². The van der Waals surface area contributed by atoms with E-state index in [0.29, 0.717) is 6.04 Å². The molecule has 0 fully saturated rings. The molecule has 1 aromatic heterocycles. The number of anilines is 1. The van der Waals surface area contributed by atoms with Gasteiger partial charge in [0.05, 0.1) is 5.39 Å². The number of hydrogen-bond donors (Lipinski definition) is 1. The fourth-order valence-electron chi connectivity index (χ4n) is 1.29. The summed E-state index contributed by atoms with van der Waals surface area (Å²) < 4.78 is 6.20. The van der Waals surface area contributed by atoms with E-state index < -0.39 is 0 Å². The van der Waals surface area contributed by atoms with Crippen molar-refractivity contribution in [2.24, 2.45) is 0 Å². The predicted octanol–water partition coefficient (Wildman–Crippen LogP) is 3.41. The molecule has 2 aromatic rings. The summed E-state index contributed by atoms with van der Waals surface area (Å²) in [4.78, 5) is 0. The number of nitrogens with one attached hydrogen (secondary N) is 1. The summed E-state index contributed by atoms with van der Waals surface area (Å²) in [5.41, 5.74) is 0.802. The predicted molar refractivity (Wildman–Crippen MR) is 60.5 cm³/mol. The third kappa shape index (κ3) is 1.75. The highest BCUT2D eigenvalue weighted by Gasteiger charge is 2.08. The van der Waals surface area contributed by atoms with E-state index >= 15 is 0 Å². The lowest BCUT2D eigenvalue weighted by molar-refractivity contribution is 0.458. The molecule has 0 aliphatic heterocycles. The van der Waals surface area contributed by atoms with Gasteiger partial charge in [-0.2, -0.15) is 0 Å². The van der Waals surface area contributed by atoms with Crippen molar-refractivity contribution in [1.82, 2.24) is 5.16 Å². The van der Waals surface area contributed by atoms with Gasteiger partial charge in [-0.25, -0.2) is 0 Å². The largest absolute Gasteiger partial charge is 0.365 e. The first-order chi connectivity index (χ1) is 6.66. The lowest BCUT2D eigenvalue weighted by Gasteiger charge is -2.05. The zero-order valence-corrected chi connectivity index (χ0v) is 9.63. The van der Waals surface area contributed by atoms with Crippen LogP contribution in [0, 0.1) is 0 Å². The fourth-order valence-corrected chi connectivity index (χ4v) is 1.65. The second kappa shape index (κ2) is 3.61. The van der Waals surface area contributed by atoms with E-state index in [9.17, 15) is 0 Å². The Hall–Kier alpha value is -1.03. The zero-order valence-electron chi connectivity index (χ0n) is 8.04. The minimum Gasteiger partial charge on any atom is -0.365 e. The Morgan fingerprint density at radius 3 is 2.93 bits per heavy atom. The van der Waals surface area contributed by atoms with Crippen LogP contribution in [-0.2, 0) is 0 Å². The van der Waals surface area contributed by atoms with Gasteiger partial charge in [-0.15, -0.1) is 0 Å². The molecule has 14 heavy (non-hydrogen) atoms. The Bertz CT molecular complexity index is 450. The number of aromatic nitrogens is 1. The van der Waals surface area contributed by atoms with Gasteiger partial charge in [0.1, 0.15) is 0 Å². The lowest BCUT2D eigenvalue weighted by atomic mass is 10.2. The number of hydrogen-bond acceptors (Lipinski definition) is 3. The number of rotatable bonds is 2. The van der Waals surface area contributed by atoms with Crippen molar-refractivity contribution in [3.05, 3.63) is 22.7 Å². The van der Waals surface area contributed by atoms with Crippen molar-refractivity contribution in [2.45, 2.75) is 19.9 Å². The molecule has 74 valence electrons. The third-order valence-electron chi connectivity index (χ3n) is 1.86. The molecule has 4 heteroatoms. The van der Waals surface area contributed by atoms with Crippen LogP contribution in [0.3, 0.4) is 0 Å². The Kier molecular flexibility index (Phi) is 2.46. The maximum absolute atomic E-state index is 5.17. The smallest absolute Gasteiger partial charge is 0.177 e. The van der Waals surface area contributed by atoms with Gasteiger partial charge in [-0.1, -0.05) is 21.1 Å². The topological polar surface area (TPSA) is 38.1 Å². The highest BCUT2D eigenvalue weighted by molar-refractivity contribution is 9.10. The van der Waals surface area contributed by atoms with Crippen molar-refractivity contribution in [1.29, 1.82) is 0 Å². The highest BCUT2D eigenvalue weighted by atomic mass is 79.9. The van der Waals surface area contributed by atoms with Crippen LogP contribution in [0.25, 0.3) is 11.0 Å². The van der Waals surface area contributed by atoms with Crippen LogP contribution in [0.2, 0.25) is 0 Å². The van der Waals surface area contributed by atoms with Gasteiger partial charge in [0.15, 0.2) is 11.4 Å². The molecule has 0 aliphatic rings. The standard InChI is InChI=1S/C10H11BrN2O/c1-6(2)12-10-8-5-7(11)3-4-9(8)14-13-10/h3-6H,1-2H3,(H,12,13). The zero-order chi connectivity index (χ0) is 10.1. The molecule has 0 bridgehead atoms. The van der Waals surface area contributed by atoms with Gasteiger partial charge >= 0.3 is 0 Å². The molecule has 0 unspecified atom stereocenters. The van der Waals surface area contributed by atoms with Crippen molar-refractivity contribution in [2.75, 3.05) is 5.32 Å². The minimum atomic E-state index is 0.349. The molecule has 3 nitrogen and oxygen atoms in total. The fraction of sp³-hybridized carbons (Fsp3) is 0.300. The highest BCUT2D eigenvalue weighted by Crippen LogP contribution is 2.26. The Balaban J connectivity index is 2.50. The van der Waals surface area contributed by atoms with Crippen molar-refractivity contribution >= 4 is 32.7 Å². The van der Waals surface area contributed by atoms with E-state index in [1.807, 2.05) is 18.2 Å². The van der Waals surface area contributed by atoms with Gasteiger partial charge in [0.25, 0.3) is 0 Å². The summed E-state index contributed by atoms with van der Waals surface area (Å²) in [6.07, 6.45) is 0. The molecule has 0 aliphatic carbocycles. The third-order valence-corrected chi connectivity index (χ3v) is 2.35. The first-order valence-electron chi connectivity index (χ1n) is 4.48. The summed E-state index contributed by atoms with van der Waals surface area (Å²) in [5.74, 6) is 0.802. The quantitative estimate of drug-likeness (QED) is 0.893. The monoisotopic (exact) mass is 254 g/mol. The number of halogens is 1. The summed E-state index contributed by atoms with van der Waals surface area (Å²) in [6.45, 7) is 4.14. The second-order valence-corrected chi connectivity index (χ2v) is 4.39. The molecule has 1 aromatic carbocycles. The summed E-state index contributed by atoms with van der Waals surface area (Å²) in [5, 5.41) is 8.21. The second-order valence-electron chi connectivity index (χ2n) is 3.47. The van der Waals surface area contributed by atoms with E-state index in [2.05, 4.69) is 40.3 Å². The average molecular weight is 255 g/mol. The first-order valence-corrected chi connectivity index (χ1v) is 5.27. The molecule has 1 heterocycles. The van der Waals surface area contributed by atoms with Crippen LogP contribution in [0.5, 0.6) is 0 Å². The molecule has 2 rings (SSSR count). The van der Waals surface area contributed by atoms with Crippen molar-refractivity contribution in [3.63, 3.8) is 0 Å². The van der Waals surface area contributed by atoms with Gasteiger partial charge in [0.2, 0.25) is 0 Å². The van der Waals surface area contributed by atoms with Crippen LogP contribution in [0.15, 0.2) is 27.2 Å². The molecular formula is C10H11BrN2O. The van der Waals surface area contributed by atoms with Crippen molar-refractivity contribution in [3.8, 4) is 0 Å². The Morgan fingerprint density at radius 1 is 1.43 bits per heavy atom. The summed E-state index contributed by atoms with van der Waals surface area (Å²) in [7, 11) is 0. The van der Waals surface area contributed by atoms with E-state index in [4.69, 9.17) is 4.52 Å². The van der Waals surface area contributed by atoms with Crippen LogP contribution < -0.4 is 5.32 Å². The van der Waals surface area contributed by atoms with Crippen molar-refractivity contribution < 1.29 is 4.52 Å². The molecule has 0 saturated carbocycles. The lowest BCUT2D eigenvalue weighted by Crippen LogP contribution is -2.09. The molecule has 0 saturated heterocycles. The molecular weight excluding hydrogens is 244 g/mol. The maximum atomic E-state index is 5.17. The van der Waals surface area contributed by atoms with E-state index in [-0.39, 0.29) is 0 Å². The van der Waals surface area contributed by atoms with Crippen LogP contribution in [0.4, 0.5) is 5.82 Å². The number of benzene rings is 1. The van der Waals surface area contributed by atoms with Gasteiger partial charge in [-0.05, 0) is 32.0 Å². The molecule has 0 amide bonds. The molecule has 0 atom stereocenters. The Morgan fingerprint density at radius 2 is 2.21 bits per heavy atom. The van der Waals surface area contributed by atoms with Gasteiger partial charge in [-0.3, -0.25) is 0 Å². The maximum Gasteiger partial charge on any atom is 0.177 e. The number of fused-ring (bicyclic) bond motifs is 1. The molecule has 0 radical (unpaired) electrons. The molecule has 1 N–H and O–H groups in total. The molecule has 0 spiro atoms. The Labute approximate surface area is 90.6 Å². The van der Waals surface area contributed by atoms with E-state index in [0.717, 1.165) is 21.3 Å². The summed E-state index contributed by atoms with van der Waals surface area (Å²) >= 11 is 3.42. The van der Waals surface area contributed by atoms with Crippen LogP contribution >= 0.6 is 15.9 Å². The number of nitrogens with zero attached hydrogens (tertiary/aromatic N) is 1. The average Bonchev–Trinajstić information content (AvgIpc) is 2.47. The van der Waals surface area contributed by atoms with Gasteiger partial charge in [0, 0.05) is 10.5 Å².